The van der Waals surface area contributed by atoms with Gasteiger partial charge in [-0.2, -0.15) is 0 Å². The standard InChI is InChI=1S/C18H22N2O3S/c1-22-12-8-7-11(14(9-12)23-2)10-20-18(21)16-13-5-3-4-6-15(13)24-17(16)19/h7-9H,3-6,10,19H2,1-2H3,(H,20,21). The van der Waals surface area contributed by atoms with E-state index in [2.05, 4.69) is 5.32 Å². The molecule has 1 aliphatic carbocycles. The van der Waals surface area contributed by atoms with E-state index in [1.54, 1.807) is 25.6 Å². The lowest BCUT2D eigenvalue weighted by molar-refractivity contribution is 0.0951. The summed E-state index contributed by atoms with van der Waals surface area (Å²) in [7, 11) is 3.21. The van der Waals surface area contributed by atoms with E-state index in [1.807, 2.05) is 18.2 Å². The van der Waals surface area contributed by atoms with Crippen LogP contribution in [0, 0.1) is 0 Å². The third-order valence-corrected chi connectivity index (χ3v) is 5.48. The summed E-state index contributed by atoms with van der Waals surface area (Å²) >= 11 is 1.56. The predicted octanol–water partition coefficient (Wildman–Crippen LogP) is 3.16. The van der Waals surface area contributed by atoms with Gasteiger partial charge in [-0.1, -0.05) is 0 Å². The fourth-order valence-electron chi connectivity index (χ4n) is 3.10. The van der Waals surface area contributed by atoms with Crippen molar-refractivity contribution in [3.63, 3.8) is 0 Å². The quantitative estimate of drug-likeness (QED) is 0.872. The summed E-state index contributed by atoms with van der Waals surface area (Å²) in [5.74, 6) is 1.30. The van der Waals surface area contributed by atoms with Gasteiger partial charge in [-0.05, 0) is 43.4 Å². The van der Waals surface area contributed by atoms with Crippen LogP contribution in [0.3, 0.4) is 0 Å². The number of amides is 1. The van der Waals surface area contributed by atoms with Gasteiger partial charge in [0.15, 0.2) is 0 Å². The zero-order chi connectivity index (χ0) is 17.1. The summed E-state index contributed by atoms with van der Waals surface area (Å²) in [4.78, 5) is 13.9. The maximum Gasteiger partial charge on any atom is 0.254 e. The number of nitrogens with two attached hydrogens (primary N) is 1. The van der Waals surface area contributed by atoms with Crippen molar-refractivity contribution in [2.24, 2.45) is 0 Å². The Kier molecular flexibility index (Phi) is 4.94. The Bertz CT molecular complexity index is 755. The SMILES string of the molecule is COc1ccc(CNC(=O)c2c(N)sc3c2CCCC3)c(OC)c1. The molecule has 1 aliphatic rings. The Morgan fingerprint density at radius 3 is 2.79 bits per heavy atom. The number of methoxy groups -OCH3 is 2. The van der Waals surface area contributed by atoms with Gasteiger partial charge in [0.1, 0.15) is 11.5 Å². The van der Waals surface area contributed by atoms with Crippen LogP contribution in [-0.2, 0) is 19.4 Å². The Balaban J connectivity index is 1.76. The highest BCUT2D eigenvalue weighted by molar-refractivity contribution is 7.16. The van der Waals surface area contributed by atoms with Crippen LogP contribution in [0.4, 0.5) is 5.00 Å². The number of nitrogens with one attached hydrogen (secondary N) is 1. The number of rotatable bonds is 5. The molecule has 128 valence electrons. The highest BCUT2D eigenvalue weighted by Gasteiger charge is 2.24. The number of benzene rings is 1. The highest BCUT2D eigenvalue weighted by atomic mass is 32.1. The van der Waals surface area contributed by atoms with Crippen molar-refractivity contribution in [1.29, 1.82) is 0 Å². The first-order valence-electron chi connectivity index (χ1n) is 8.03. The van der Waals surface area contributed by atoms with Crippen LogP contribution in [-0.4, -0.2) is 20.1 Å². The summed E-state index contributed by atoms with van der Waals surface area (Å²) in [5, 5.41) is 3.60. The molecule has 0 saturated heterocycles. The van der Waals surface area contributed by atoms with Gasteiger partial charge >= 0.3 is 0 Å². The average molecular weight is 346 g/mol. The van der Waals surface area contributed by atoms with Crippen molar-refractivity contribution in [2.75, 3.05) is 20.0 Å². The van der Waals surface area contributed by atoms with Gasteiger partial charge in [0.05, 0.1) is 24.8 Å². The number of ether oxygens (including phenoxy) is 2. The summed E-state index contributed by atoms with van der Waals surface area (Å²) in [5.41, 5.74) is 8.81. The monoisotopic (exact) mass is 346 g/mol. The molecule has 5 nitrogen and oxygen atoms in total. The Hall–Kier alpha value is -2.21. The summed E-state index contributed by atoms with van der Waals surface area (Å²) in [6, 6.07) is 5.55. The minimum absolute atomic E-state index is 0.107. The van der Waals surface area contributed by atoms with E-state index in [1.165, 1.54) is 11.3 Å². The molecule has 0 bridgehead atoms. The largest absolute Gasteiger partial charge is 0.497 e. The van der Waals surface area contributed by atoms with Crippen molar-refractivity contribution in [3.8, 4) is 11.5 Å². The molecule has 3 rings (SSSR count). The molecule has 0 unspecified atom stereocenters. The fraction of sp³-hybridized carbons (Fsp3) is 0.389. The van der Waals surface area contributed by atoms with Crippen LogP contribution in [0.15, 0.2) is 18.2 Å². The molecule has 0 radical (unpaired) electrons. The molecule has 0 saturated carbocycles. The third kappa shape index (κ3) is 3.19. The van der Waals surface area contributed by atoms with Gasteiger partial charge in [-0.25, -0.2) is 0 Å². The summed E-state index contributed by atoms with van der Waals surface area (Å²) < 4.78 is 10.6. The topological polar surface area (TPSA) is 73.6 Å². The van der Waals surface area contributed by atoms with E-state index in [0.29, 0.717) is 22.9 Å². The maximum atomic E-state index is 12.6. The van der Waals surface area contributed by atoms with Crippen molar-refractivity contribution in [3.05, 3.63) is 39.8 Å². The number of thiophene rings is 1. The lowest BCUT2D eigenvalue weighted by atomic mass is 9.95. The number of nitrogen functional groups attached to an aromatic ring is 1. The number of carbonyl (C=O) groups excluding carboxylic acids is 1. The summed E-state index contributed by atoms with van der Waals surface area (Å²) in [6.45, 7) is 0.385. The third-order valence-electron chi connectivity index (χ3n) is 4.36. The minimum atomic E-state index is -0.107. The van der Waals surface area contributed by atoms with Crippen molar-refractivity contribution in [1.82, 2.24) is 5.32 Å². The van der Waals surface area contributed by atoms with Gasteiger partial charge in [0.2, 0.25) is 0 Å². The first kappa shape index (κ1) is 16.6. The Morgan fingerprint density at radius 1 is 1.25 bits per heavy atom. The van der Waals surface area contributed by atoms with Crippen molar-refractivity contribution < 1.29 is 14.3 Å². The second-order valence-corrected chi connectivity index (χ2v) is 6.95. The smallest absolute Gasteiger partial charge is 0.254 e. The fourth-order valence-corrected chi connectivity index (χ4v) is 4.26. The van der Waals surface area contributed by atoms with E-state index in [0.717, 1.165) is 36.1 Å². The highest BCUT2D eigenvalue weighted by Crippen LogP contribution is 2.36. The molecule has 0 fully saturated rings. The molecule has 3 N–H and O–H groups in total. The molecule has 1 aromatic carbocycles. The van der Waals surface area contributed by atoms with Gasteiger partial charge in [-0.15, -0.1) is 11.3 Å². The zero-order valence-electron chi connectivity index (χ0n) is 14.0. The number of carbonyl (C=O) groups is 1. The molecule has 0 atom stereocenters. The van der Waals surface area contributed by atoms with Gasteiger partial charge in [0.25, 0.3) is 5.91 Å². The predicted molar refractivity (Wildman–Crippen MR) is 96.1 cm³/mol. The van der Waals surface area contributed by atoms with Crippen LogP contribution in [0.25, 0.3) is 0 Å². The van der Waals surface area contributed by atoms with Crippen LogP contribution in [0.2, 0.25) is 0 Å². The number of fused-ring (bicyclic) bond motifs is 1. The molecule has 1 heterocycles. The summed E-state index contributed by atoms with van der Waals surface area (Å²) in [6.07, 6.45) is 4.27. The lowest BCUT2D eigenvalue weighted by Gasteiger charge is -2.14. The van der Waals surface area contributed by atoms with Crippen LogP contribution in [0.5, 0.6) is 11.5 Å². The van der Waals surface area contributed by atoms with E-state index >= 15 is 0 Å². The molecule has 1 aromatic heterocycles. The second-order valence-electron chi connectivity index (χ2n) is 5.81. The Morgan fingerprint density at radius 2 is 2.04 bits per heavy atom. The van der Waals surface area contributed by atoms with E-state index in [9.17, 15) is 4.79 Å². The number of hydrogen-bond donors (Lipinski definition) is 2. The van der Waals surface area contributed by atoms with Crippen LogP contribution < -0.4 is 20.5 Å². The number of anilines is 1. The van der Waals surface area contributed by atoms with Crippen molar-refractivity contribution in [2.45, 2.75) is 32.2 Å². The van der Waals surface area contributed by atoms with E-state index in [-0.39, 0.29) is 5.91 Å². The van der Waals surface area contributed by atoms with Crippen molar-refractivity contribution >= 4 is 22.2 Å². The first-order chi connectivity index (χ1) is 11.6. The molecule has 24 heavy (non-hydrogen) atoms. The van der Waals surface area contributed by atoms with Crippen LogP contribution in [0.1, 0.15) is 39.2 Å². The molecular formula is C18H22N2O3S. The van der Waals surface area contributed by atoms with E-state index in [4.69, 9.17) is 15.2 Å². The molecule has 0 aliphatic heterocycles. The van der Waals surface area contributed by atoms with E-state index < -0.39 is 0 Å². The lowest BCUT2D eigenvalue weighted by Crippen LogP contribution is -2.25. The maximum absolute atomic E-state index is 12.6. The molecule has 1 amide bonds. The molecule has 6 heteroatoms. The average Bonchev–Trinajstić information content (AvgIpc) is 2.95. The van der Waals surface area contributed by atoms with Gasteiger partial charge < -0.3 is 20.5 Å². The molecular weight excluding hydrogens is 324 g/mol. The number of hydrogen-bond acceptors (Lipinski definition) is 5. The van der Waals surface area contributed by atoms with Crippen LogP contribution >= 0.6 is 11.3 Å². The Labute approximate surface area is 145 Å². The van der Waals surface area contributed by atoms with Gasteiger partial charge in [0, 0.05) is 23.1 Å². The normalized spacial score (nSPS) is 13.2. The minimum Gasteiger partial charge on any atom is -0.497 e. The number of aryl methyl sites for hydroxylation is 1. The van der Waals surface area contributed by atoms with Gasteiger partial charge in [-0.3, -0.25) is 4.79 Å². The second kappa shape index (κ2) is 7.13. The molecule has 0 spiro atoms. The molecule has 2 aromatic rings. The zero-order valence-corrected chi connectivity index (χ0v) is 14.8. The first-order valence-corrected chi connectivity index (χ1v) is 8.84.